The predicted octanol–water partition coefficient (Wildman–Crippen LogP) is 0.650. The molecular formula is C29H38N4O11S. The van der Waals surface area contributed by atoms with E-state index in [2.05, 4.69) is 20.7 Å². The second-order valence-corrected chi connectivity index (χ2v) is 11.8. The van der Waals surface area contributed by atoms with Crippen molar-refractivity contribution in [2.24, 2.45) is 0 Å². The zero-order valence-corrected chi connectivity index (χ0v) is 25.4. The molecule has 246 valence electrons. The van der Waals surface area contributed by atoms with Gasteiger partial charge in [0, 0.05) is 13.0 Å². The van der Waals surface area contributed by atoms with Crippen molar-refractivity contribution in [3.8, 4) is 0 Å². The van der Waals surface area contributed by atoms with Crippen LogP contribution in [0.4, 0.5) is 4.79 Å². The number of aliphatic carboxylic acids is 2. The van der Waals surface area contributed by atoms with Gasteiger partial charge in [-0.25, -0.2) is 22.7 Å². The summed E-state index contributed by atoms with van der Waals surface area (Å²) in [5.74, 6) is -4.70. The number of ether oxygens (including phenoxy) is 1. The van der Waals surface area contributed by atoms with Gasteiger partial charge in [0.15, 0.2) is 0 Å². The topological polar surface area (TPSA) is 238 Å². The lowest BCUT2D eigenvalue weighted by Gasteiger charge is -2.23. The highest BCUT2D eigenvalue weighted by molar-refractivity contribution is 7.89. The molecule has 0 saturated heterocycles. The standard InChI is InChI=1S/C29H38N4O11S/c1-19-10-12-21(13-11-19)45(42,43)30-16-6-5-9-22(26(37)32-23(28(39)40)14-15-25(35)36)31-27(38)24(17-34)33-29(41)44-18-20-7-3-2-4-8-20/h2-4,7-8,10-13,22-24,30,34H,5-6,9,14-18H2,1H3,(H,31,38)(H,32,37)(H,33,41)(H,35,36)(H,39,40)/t22-,23-,24-/m0/s1. The Morgan fingerprint density at radius 1 is 0.800 bits per heavy atom. The number of benzene rings is 2. The molecule has 0 radical (unpaired) electrons. The van der Waals surface area contributed by atoms with Gasteiger partial charge in [-0.3, -0.25) is 14.4 Å². The van der Waals surface area contributed by atoms with E-state index in [-0.39, 0.29) is 37.3 Å². The molecule has 0 bridgehead atoms. The Morgan fingerprint density at radius 2 is 1.42 bits per heavy atom. The Balaban J connectivity index is 2.04. The Kier molecular flexibility index (Phi) is 14.9. The molecule has 2 aromatic rings. The zero-order valence-electron chi connectivity index (χ0n) is 24.6. The highest BCUT2D eigenvalue weighted by Gasteiger charge is 2.29. The van der Waals surface area contributed by atoms with Gasteiger partial charge in [0.25, 0.3) is 0 Å². The largest absolute Gasteiger partial charge is 0.481 e. The number of aliphatic hydroxyl groups excluding tert-OH is 1. The van der Waals surface area contributed by atoms with Crippen molar-refractivity contribution in [2.45, 2.75) is 68.7 Å². The summed E-state index contributed by atoms with van der Waals surface area (Å²) in [5.41, 5.74) is 1.56. The van der Waals surface area contributed by atoms with Crippen LogP contribution in [0.2, 0.25) is 0 Å². The van der Waals surface area contributed by atoms with Crippen molar-refractivity contribution in [3.05, 3.63) is 65.7 Å². The van der Waals surface area contributed by atoms with E-state index in [0.717, 1.165) is 5.56 Å². The number of carbonyl (C=O) groups is 5. The summed E-state index contributed by atoms with van der Waals surface area (Å²) in [7, 11) is -3.79. The molecule has 0 saturated carbocycles. The van der Waals surface area contributed by atoms with Gasteiger partial charge in [-0.05, 0) is 50.3 Å². The van der Waals surface area contributed by atoms with Gasteiger partial charge in [-0.2, -0.15) is 0 Å². The van der Waals surface area contributed by atoms with Crippen LogP contribution in [0.15, 0.2) is 59.5 Å². The average molecular weight is 651 g/mol. The fraction of sp³-hybridized carbons (Fsp3) is 0.414. The van der Waals surface area contributed by atoms with Crippen LogP contribution in [0.3, 0.4) is 0 Å². The SMILES string of the molecule is Cc1ccc(S(=O)(=O)NCCCC[C@H](NC(=O)[C@H](CO)NC(=O)OCc2ccccc2)C(=O)N[C@@H](CCC(=O)O)C(=O)O)cc1. The quantitative estimate of drug-likeness (QED) is 0.104. The first-order valence-electron chi connectivity index (χ1n) is 14.0. The molecule has 0 aliphatic heterocycles. The molecule has 0 fully saturated rings. The minimum absolute atomic E-state index is 0.0110. The molecule has 0 heterocycles. The Hall–Kier alpha value is -4.54. The van der Waals surface area contributed by atoms with Crippen molar-refractivity contribution in [1.29, 1.82) is 0 Å². The van der Waals surface area contributed by atoms with E-state index in [1.807, 2.05) is 6.92 Å². The number of carbonyl (C=O) groups excluding carboxylic acids is 3. The summed E-state index contributed by atoms with van der Waals surface area (Å²) >= 11 is 0. The minimum Gasteiger partial charge on any atom is -0.481 e. The number of rotatable bonds is 19. The molecule has 2 rings (SSSR count). The molecule has 3 amide bonds. The smallest absolute Gasteiger partial charge is 0.408 e. The zero-order chi connectivity index (χ0) is 33.4. The summed E-state index contributed by atoms with van der Waals surface area (Å²) in [6.45, 7) is 0.829. The number of alkyl carbamates (subject to hydrolysis) is 1. The van der Waals surface area contributed by atoms with Gasteiger partial charge < -0.3 is 36.0 Å². The van der Waals surface area contributed by atoms with Crippen molar-refractivity contribution in [2.75, 3.05) is 13.2 Å². The molecule has 0 aliphatic rings. The average Bonchev–Trinajstić information content (AvgIpc) is 3.00. The highest BCUT2D eigenvalue weighted by atomic mass is 32.2. The number of hydrogen-bond donors (Lipinski definition) is 7. The van der Waals surface area contributed by atoms with Crippen molar-refractivity contribution in [3.63, 3.8) is 0 Å². The number of aryl methyl sites for hydroxylation is 1. The van der Waals surface area contributed by atoms with E-state index in [1.54, 1.807) is 42.5 Å². The van der Waals surface area contributed by atoms with Crippen LogP contribution in [0.25, 0.3) is 0 Å². The van der Waals surface area contributed by atoms with E-state index < -0.39 is 77.4 Å². The Bertz CT molecular complexity index is 1400. The van der Waals surface area contributed by atoms with Crippen LogP contribution in [-0.2, 0) is 40.5 Å². The highest BCUT2D eigenvalue weighted by Crippen LogP contribution is 2.11. The molecular weight excluding hydrogens is 612 g/mol. The lowest BCUT2D eigenvalue weighted by Crippen LogP contribution is -2.56. The van der Waals surface area contributed by atoms with Gasteiger partial charge in [0.05, 0.1) is 11.5 Å². The molecule has 45 heavy (non-hydrogen) atoms. The predicted molar refractivity (Wildman–Crippen MR) is 159 cm³/mol. The first kappa shape index (κ1) is 36.7. The molecule has 0 unspecified atom stereocenters. The molecule has 7 N–H and O–H groups in total. The van der Waals surface area contributed by atoms with Crippen molar-refractivity contribution >= 4 is 39.9 Å². The maximum Gasteiger partial charge on any atom is 0.408 e. The second kappa shape index (κ2) is 18.3. The number of hydrogen-bond acceptors (Lipinski definition) is 9. The lowest BCUT2D eigenvalue weighted by atomic mass is 10.1. The third-order valence-electron chi connectivity index (χ3n) is 6.44. The number of nitrogens with one attached hydrogen (secondary N) is 4. The maximum atomic E-state index is 13.0. The van der Waals surface area contributed by atoms with Crippen LogP contribution < -0.4 is 20.7 Å². The van der Waals surface area contributed by atoms with Gasteiger partial charge in [0.1, 0.15) is 24.7 Å². The third-order valence-corrected chi connectivity index (χ3v) is 7.92. The molecule has 15 nitrogen and oxygen atoms in total. The monoisotopic (exact) mass is 650 g/mol. The van der Waals surface area contributed by atoms with E-state index in [1.165, 1.54) is 12.1 Å². The summed E-state index contributed by atoms with van der Waals surface area (Å²) in [6, 6.07) is 10.4. The van der Waals surface area contributed by atoms with Crippen LogP contribution in [0.5, 0.6) is 0 Å². The molecule has 0 aromatic heterocycles. The first-order chi connectivity index (χ1) is 21.3. The van der Waals surface area contributed by atoms with Gasteiger partial charge in [-0.1, -0.05) is 48.0 Å². The Labute approximate surface area is 260 Å². The van der Waals surface area contributed by atoms with Crippen LogP contribution in [-0.4, -0.2) is 84.9 Å². The van der Waals surface area contributed by atoms with Crippen LogP contribution in [0, 0.1) is 6.92 Å². The number of unbranched alkanes of at least 4 members (excludes halogenated alkanes) is 1. The maximum absolute atomic E-state index is 13.0. The first-order valence-corrected chi connectivity index (χ1v) is 15.5. The van der Waals surface area contributed by atoms with E-state index >= 15 is 0 Å². The number of sulfonamides is 1. The summed E-state index contributed by atoms with van der Waals surface area (Å²) < 4.78 is 32.5. The van der Waals surface area contributed by atoms with Crippen LogP contribution in [0.1, 0.15) is 43.2 Å². The normalized spacial score (nSPS) is 13.1. The summed E-state index contributed by atoms with van der Waals surface area (Å²) in [6.07, 6.45) is -1.68. The van der Waals surface area contributed by atoms with E-state index in [9.17, 15) is 42.6 Å². The molecule has 16 heteroatoms. The molecule has 0 aliphatic carbocycles. The minimum atomic E-state index is -3.79. The summed E-state index contributed by atoms with van der Waals surface area (Å²) in [5, 5.41) is 34.8. The molecule has 0 spiro atoms. The van der Waals surface area contributed by atoms with Gasteiger partial charge >= 0.3 is 18.0 Å². The lowest BCUT2D eigenvalue weighted by molar-refractivity contribution is -0.143. The summed E-state index contributed by atoms with van der Waals surface area (Å²) in [4.78, 5) is 60.8. The molecule has 3 atom stereocenters. The third kappa shape index (κ3) is 13.3. The van der Waals surface area contributed by atoms with Gasteiger partial charge in [-0.15, -0.1) is 0 Å². The van der Waals surface area contributed by atoms with Crippen molar-refractivity contribution < 1.29 is 52.4 Å². The number of carboxylic acids is 2. The number of aliphatic hydroxyl groups is 1. The second-order valence-electron chi connectivity index (χ2n) is 10.0. The van der Waals surface area contributed by atoms with E-state index in [4.69, 9.17) is 9.84 Å². The van der Waals surface area contributed by atoms with E-state index in [0.29, 0.717) is 5.56 Å². The fourth-order valence-corrected chi connectivity index (χ4v) is 4.99. The van der Waals surface area contributed by atoms with Gasteiger partial charge in [0.2, 0.25) is 21.8 Å². The fourth-order valence-electron chi connectivity index (χ4n) is 3.92. The number of carboxylic acid groups (broad SMARTS) is 2. The Morgan fingerprint density at radius 3 is 2.02 bits per heavy atom. The van der Waals surface area contributed by atoms with Crippen molar-refractivity contribution in [1.82, 2.24) is 20.7 Å². The number of amides is 3. The molecule has 2 aromatic carbocycles. The van der Waals surface area contributed by atoms with Crippen LogP contribution >= 0.6 is 0 Å².